The molecule has 0 N–H and O–H groups in total. The second-order valence-corrected chi connectivity index (χ2v) is 6.65. The third kappa shape index (κ3) is 4.66. The molecule has 0 radical (unpaired) electrons. The van der Waals surface area contributed by atoms with E-state index in [1.54, 1.807) is 23.1 Å². The Labute approximate surface area is 98.3 Å². The van der Waals surface area contributed by atoms with Crippen LogP contribution in [0.1, 0.15) is 33.1 Å². The fraction of sp³-hybridized carbons (Fsp3) is 0.778. The van der Waals surface area contributed by atoms with E-state index < -0.39 is 0 Å². The topological polar surface area (TPSA) is 25.8 Å². The minimum atomic E-state index is 1.08. The predicted octanol–water partition coefficient (Wildman–Crippen LogP) is 3.93. The van der Waals surface area contributed by atoms with E-state index in [2.05, 4.69) is 24.0 Å². The van der Waals surface area contributed by atoms with Crippen LogP contribution in [-0.4, -0.2) is 21.7 Å². The van der Waals surface area contributed by atoms with Crippen molar-refractivity contribution in [2.75, 3.05) is 11.5 Å². The summed E-state index contributed by atoms with van der Waals surface area (Å²) >= 11 is 5.33. The van der Waals surface area contributed by atoms with Crippen LogP contribution in [0.4, 0.5) is 0 Å². The van der Waals surface area contributed by atoms with Crippen molar-refractivity contribution in [1.82, 2.24) is 10.2 Å². The average molecular weight is 248 g/mol. The Morgan fingerprint density at radius 3 is 2.43 bits per heavy atom. The molecule has 0 saturated heterocycles. The molecule has 0 amide bonds. The van der Waals surface area contributed by atoms with Crippen LogP contribution in [0.15, 0.2) is 8.68 Å². The summed E-state index contributed by atoms with van der Waals surface area (Å²) in [4.78, 5) is 0. The first-order chi connectivity index (χ1) is 6.86. The van der Waals surface area contributed by atoms with Crippen molar-refractivity contribution >= 4 is 34.9 Å². The van der Waals surface area contributed by atoms with Gasteiger partial charge >= 0.3 is 0 Å². The molecule has 0 aromatic carbocycles. The molecule has 1 aromatic heterocycles. The van der Waals surface area contributed by atoms with Crippen molar-refractivity contribution in [2.45, 2.75) is 41.8 Å². The summed E-state index contributed by atoms with van der Waals surface area (Å²) < 4.78 is 2.22. The normalized spacial score (nSPS) is 10.7. The van der Waals surface area contributed by atoms with Gasteiger partial charge in [-0.15, -0.1) is 10.2 Å². The molecule has 14 heavy (non-hydrogen) atoms. The molecular weight excluding hydrogens is 232 g/mol. The van der Waals surface area contributed by atoms with Crippen molar-refractivity contribution in [3.8, 4) is 0 Å². The van der Waals surface area contributed by atoms with Crippen LogP contribution < -0.4 is 0 Å². The Morgan fingerprint density at radius 2 is 1.79 bits per heavy atom. The van der Waals surface area contributed by atoms with E-state index in [0.29, 0.717) is 0 Å². The lowest BCUT2D eigenvalue weighted by molar-refractivity contribution is 0.778. The maximum absolute atomic E-state index is 4.14. The van der Waals surface area contributed by atoms with Crippen LogP contribution in [0, 0.1) is 0 Å². The summed E-state index contributed by atoms with van der Waals surface area (Å²) in [6.45, 7) is 4.37. The standard InChI is InChI=1S/C9H16N2S3/c1-3-5-6-7-13-9-11-10-8(14-9)12-4-2/h3-7H2,1-2H3. The number of rotatable bonds is 7. The molecule has 0 aliphatic carbocycles. The lowest BCUT2D eigenvalue weighted by Crippen LogP contribution is -1.79. The summed E-state index contributed by atoms with van der Waals surface area (Å²) in [6, 6.07) is 0. The predicted molar refractivity (Wildman–Crippen MR) is 66.6 cm³/mol. The zero-order valence-electron chi connectivity index (χ0n) is 8.65. The fourth-order valence-corrected chi connectivity index (χ4v) is 3.94. The molecule has 0 saturated carbocycles. The summed E-state index contributed by atoms with van der Waals surface area (Å²) in [5, 5.41) is 8.26. The van der Waals surface area contributed by atoms with Crippen LogP contribution in [0.25, 0.3) is 0 Å². The average Bonchev–Trinajstić information content (AvgIpc) is 2.61. The Hall–Kier alpha value is 0.260. The van der Waals surface area contributed by atoms with Crippen LogP contribution in [0.3, 0.4) is 0 Å². The molecule has 0 spiro atoms. The largest absolute Gasteiger partial charge is 0.175 e. The van der Waals surface area contributed by atoms with Crippen LogP contribution in [-0.2, 0) is 0 Å². The van der Waals surface area contributed by atoms with Crippen molar-refractivity contribution < 1.29 is 0 Å². The Bertz CT molecular complexity index is 250. The van der Waals surface area contributed by atoms with E-state index in [-0.39, 0.29) is 0 Å². The smallest absolute Gasteiger partial charge is 0.131 e. The number of hydrogen-bond donors (Lipinski definition) is 0. The first-order valence-corrected chi connectivity index (χ1v) is 7.74. The number of aromatic nitrogens is 2. The molecule has 1 heterocycles. The van der Waals surface area contributed by atoms with Gasteiger partial charge in [-0.2, -0.15) is 0 Å². The summed E-state index contributed by atoms with van der Waals surface area (Å²) in [6.07, 6.45) is 3.90. The lowest BCUT2D eigenvalue weighted by atomic mass is 10.3. The molecular formula is C9H16N2S3. The fourth-order valence-electron chi connectivity index (χ4n) is 0.949. The second-order valence-electron chi connectivity index (χ2n) is 2.82. The highest BCUT2D eigenvalue weighted by Gasteiger charge is 2.03. The first kappa shape index (κ1) is 12.3. The molecule has 5 heteroatoms. The van der Waals surface area contributed by atoms with Gasteiger partial charge in [0.1, 0.15) is 0 Å². The van der Waals surface area contributed by atoms with Gasteiger partial charge in [0.05, 0.1) is 0 Å². The zero-order chi connectivity index (χ0) is 10.2. The molecule has 0 fully saturated rings. The van der Waals surface area contributed by atoms with E-state index in [4.69, 9.17) is 0 Å². The highest BCUT2D eigenvalue weighted by Crippen LogP contribution is 2.28. The molecule has 0 aliphatic rings. The summed E-state index contributed by atoms with van der Waals surface area (Å²) in [5.74, 6) is 2.26. The molecule has 0 aliphatic heterocycles. The van der Waals surface area contributed by atoms with E-state index >= 15 is 0 Å². The highest BCUT2D eigenvalue weighted by molar-refractivity contribution is 8.03. The van der Waals surface area contributed by atoms with Crippen molar-refractivity contribution in [1.29, 1.82) is 0 Å². The van der Waals surface area contributed by atoms with Crippen molar-refractivity contribution in [2.24, 2.45) is 0 Å². The Kier molecular flexibility index (Phi) is 6.64. The van der Waals surface area contributed by atoms with Crippen LogP contribution in [0.2, 0.25) is 0 Å². The van der Waals surface area contributed by atoms with Gasteiger partial charge in [-0.3, -0.25) is 0 Å². The zero-order valence-corrected chi connectivity index (χ0v) is 11.1. The maximum atomic E-state index is 4.14. The van der Waals surface area contributed by atoms with E-state index in [0.717, 1.165) is 14.4 Å². The van der Waals surface area contributed by atoms with Crippen molar-refractivity contribution in [3.05, 3.63) is 0 Å². The minimum absolute atomic E-state index is 1.08. The van der Waals surface area contributed by atoms with E-state index in [1.807, 2.05) is 11.8 Å². The Balaban J connectivity index is 2.22. The van der Waals surface area contributed by atoms with Gasteiger partial charge in [-0.05, 0) is 12.2 Å². The van der Waals surface area contributed by atoms with E-state index in [9.17, 15) is 0 Å². The van der Waals surface area contributed by atoms with Crippen LogP contribution in [0.5, 0.6) is 0 Å². The van der Waals surface area contributed by atoms with Crippen LogP contribution >= 0.6 is 34.9 Å². The van der Waals surface area contributed by atoms with Crippen molar-refractivity contribution in [3.63, 3.8) is 0 Å². The molecule has 0 atom stereocenters. The van der Waals surface area contributed by atoms with Gasteiger partial charge in [0.25, 0.3) is 0 Å². The van der Waals surface area contributed by atoms with Gasteiger partial charge in [0.15, 0.2) is 8.68 Å². The summed E-state index contributed by atoms with van der Waals surface area (Å²) in [5.41, 5.74) is 0. The quantitative estimate of drug-likeness (QED) is 0.539. The van der Waals surface area contributed by atoms with Gasteiger partial charge in [0.2, 0.25) is 0 Å². The molecule has 0 unspecified atom stereocenters. The third-order valence-corrected chi connectivity index (χ3v) is 4.79. The monoisotopic (exact) mass is 248 g/mol. The lowest BCUT2D eigenvalue weighted by Gasteiger charge is -1.94. The maximum Gasteiger partial charge on any atom is 0.175 e. The van der Waals surface area contributed by atoms with Gasteiger partial charge in [-0.25, -0.2) is 0 Å². The second kappa shape index (κ2) is 7.54. The SMILES string of the molecule is CCCCCSc1nnc(SCC)s1. The Morgan fingerprint density at radius 1 is 1.07 bits per heavy atom. The number of hydrogen-bond acceptors (Lipinski definition) is 5. The third-order valence-electron chi connectivity index (χ3n) is 1.63. The number of thioether (sulfide) groups is 2. The van der Waals surface area contributed by atoms with Gasteiger partial charge in [-0.1, -0.05) is 61.5 Å². The van der Waals surface area contributed by atoms with Gasteiger partial charge < -0.3 is 0 Å². The molecule has 1 aromatic rings. The first-order valence-electron chi connectivity index (χ1n) is 4.96. The van der Waals surface area contributed by atoms with E-state index in [1.165, 1.54) is 25.0 Å². The molecule has 1 rings (SSSR count). The highest BCUT2D eigenvalue weighted by atomic mass is 32.2. The molecule has 0 bridgehead atoms. The summed E-state index contributed by atoms with van der Waals surface area (Å²) in [7, 11) is 0. The minimum Gasteiger partial charge on any atom is -0.131 e. The molecule has 80 valence electrons. The molecule has 2 nitrogen and oxygen atoms in total. The number of unbranched alkanes of at least 4 members (excludes halogenated alkanes) is 2. The number of nitrogens with zero attached hydrogens (tertiary/aromatic N) is 2. The van der Waals surface area contributed by atoms with Gasteiger partial charge in [0, 0.05) is 5.75 Å².